The summed E-state index contributed by atoms with van der Waals surface area (Å²) in [5, 5.41) is 10.6. The van der Waals surface area contributed by atoms with Crippen LogP contribution in [0.2, 0.25) is 0 Å². The average molecular weight is 333 g/mol. The molecule has 0 spiro atoms. The van der Waals surface area contributed by atoms with Gasteiger partial charge in [-0.2, -0.15) is 0 Å². The topological polar surface area (TPSA) is 37.3 Å². The molecule has 4 saturated carbocycles. The molecular weight excluding hydrogens is 296 g/mol. The minimum atomic E-state index is -0.437. The Morgan fingerprint density at radius 2 is 1.58 bits per heavy atom. The maximum absolute atomic E-state index is 12.2. The number of aliphatic hydroxyl groups is 1. The number of carbonyl (C=O) groups is 1. The molecule has 0 aromatic heterocycles. The molecular formula is C22H36O2. The van der Waals surface area contributed by atoms with Crippen molar-refractivity contribution in [1.82, 2.24) is 0 Å². The lowest BCUT2D eigenvalue weighted by atomic mass is 9.44. The minimum Gasteiger partial charge on any atom is -0.390 e. The lowest BCUT2D eigenvalue weighted by molar-refractivity contribution is -0.150. The van der Waals surface area contributed by atoms with E-state index in [0.717, 1.165) is 37.0 Å². The summed E-state index contributed by atoms with van der Waals surface area (Å²) >= 11 is 0. The summed E-state index contributed by atoms with van der Waals surface area (Å²) in [5.41, 5.74) is 0.268. The van der Waals surface area contributed by atoms with Crippen LogP contribution in [0.5, 0.6) is 0 Å². The van der Waals surface area contributed by atoms with Gasteiger partial charge in [0.05, 0.1) is 5.60 Å². The van der Waals surface area contributed by atoms with E-state index in [4.69, 9.17) is 0 Å². The molecule has 4 aliphatic carbocycles. The van der Waals surface area contributed by atoms with E-state index in [9.17, 15) is 9.90 Å². The van der Waals surface area contributed by atoms with E-state index >= 15 is 0 Å². The summed E-state index contributed by atoms with van der Waals surface area (Å²) in [6, 6.07) is 0. The summed E-state index contributed by atoms with van der Waals surface area (Å²) in [6.45, 7) is 8.85. The molecule has 1 N–H and O–H groups in total. The Bertz CT molecular complexity index is 538. The number of ketones is 1. The zero-order valence-corrected chi connectivity index (χ0v) is 16.1. The minimum absolute atomic E-state index is 0.274. The van der Waals surface area contributed by atoms with Gasteiger partial charge in [-0.1, -0.05) is 13.8 Å². The SMILES string of the molecule is CC(=O)[C@H]1CCC2C3CC[C@H]4C[C@](C)(O)CC[C@]4(C)C3CC[C@@]21C. The molecule has 8 atom stereocenters. The molecule has 4 rings (SSSR count). The van der Waals surface area contributed by atoms with Gasteiger partial charge in [-0.15, -0.1) is 0 Å². The van der Waals surface area contributed by atoms with Crippen LogP contribution in [0.15, 0.2) is 0 Å². The monoisotopic (exact) mass is 332 g/mol. The molecule has 0 bridgehead atoms. The molecule has 2 nitrogen and oxygen atoms in total. The average Bonchev–Trinajstić information content (AvgIpc) is 2.85. The van der Waals surface area contributed by atoms with Crippen molar-refractivity contribution in [1.29, 1.82) is 0 Å². The molecule has 0 radical (unpaired) electrons. The van der Waals surface area contributed by atoms with Crippen molar-refractivity contribution in [2.24, 2.45) is 40.4 Å². The third-order valence-corrected chi connectivity index (χ3v) is 9.44. The molecule has 0 aromatic carbocycles. The van der Waals surface area contributed by atoms with Crippen molar-refractivity contribution in [3.05, 3.63) is 0 Å². The molecule has 4 aliphatic rings. The molecule has 24 heavy (non-hydrogen) atoms. The summed E-state index contributed by atoms with van der Waals surface area (Å²) < 4.78 is 0. The van der Waals surface area contributed by atoms with E-state index in [1.165, 1.54) is 38.5 Å². The van der Waals surface area contributed by atoms with Gasteiger partial charge in [0.15, 0.2) is 0 Å². The third-order valence-electron chi connectivity index (χ3n) is 9.44. The van der Waals surface area contributed by atoms with Crippen molar-refractivity contribution in [3.63, 3.8) is 0 Å². The number of hydrogen-bond acceptors (Lipinski definition) is 2. The van der Waals surface area contributed by atoms with Crippen LogP contribution in [0.25, 0.3) is 0 Å². The summed E-state index contributed by atoms with van der Waals surface area (Å²) in [5.74, 6) is 3.89. The summed E-state index contributed by atoms with van der Waals surface area (Å²) in [6.07, 6.45) is 10.8. The van der Waals surface area contributed by atoms with Crippen LogP contribution in [-0.2, 0) is 4.79 Å². The van der Waals surface area contributed by atoms with Crippen LogP contribution in [0.4, 0.5) is 0 Å². The van der Waals surface area contributed by atoms with Gasteiger partial charge in [0.25, 0.3) is 0 Å². The number of Topliss-reactive ketones (excluding diaryl/α,β-unsaturated/α-hetero) is 1. The highest BCUT2D eigenvalue weighted by molar-refractivity contribution is 5.79. The van der Waals surface area contributed by atoms with Gasteiger partial charge in [0.2, 0.25) is 0 Å². The number of carbonyl (C=O) groups excluding carboxylic acids is 1. The van der Waals surface area contributed by atoms with Crippen molar-refractivity contribution in [3.8, 4) is 0 Å². The summed E-state index contributed by atoms with van der Waals surface area (Å²) in [7, 11) is 0. The smallest absolute Gasteiger partial charge is 0.133 e. The molecule has 3 unspecified atom stereocenters. The molecule has 136 valence electrons. The van der Waals surface area contributed by atoms with Gasteiger partial charge in [0, 0.05) is 5.92 Å². The van der Waals surface area contributed by atoms with Crippen LogP contribution in [0.3, 0.4) is 0 Å². The van der Waals surface area contributed by atoms with Crippen LogP contribution in [0, 0.1) is 40.4 Å². The fraction of sp³-hybridized carbons (Fsp3) is 0.955. The van der Waals surface area contributed by atoms with Crippen LogP contribution < -0.4 is 0 Å². The first kappa shape index (κ1) is 17.1. The Morgan fingerprint density at radius 1 is 0.875 bits per heavy atom. The molecule has 0 aromatic rings. The molecule has 0 amide bonds. The second-order valence-electron chi connectivity index (χ2n) is 10.6. The zero-order chi connectivity index (χ0) is 17.3. The van der Waals surface area contributed by atoms with Crippen molar-refractivity contribution >= 4 is 5.78 Å². The normalized spacial score (nSPS) is 57.0. The van der Waals surface area contributed by atoms with Crippen molar-refractivity contribution in [2.75, 3.05) is 0 Å². The number of fused-ring (bicyclic) bond motifs is 5. The van der Waals surface area contributed by atoms with E-state index in [-0.39, 0.29) is 5.41 Å². The summed E-state index contributed by atoms with van der Waals surface area (Å²) in [4.78, 5) is 12.2. The van der Waals surface area contributed by atoms with Crippen LogP contribution >= 0.6 is 0 Å². The van der Waals surface area contributed by atoms with Gasteiger partial charge in [0.1, 0.15) is 5.78 Å². The van der Waals surface area contributed by atoms with Crippen LogP contribution in [-0.4, -0.2) is 16.5 Å². The fourth-order valence-electron chi connectivity index (χ4n) is 8.10. The standard InChI is InChI=1S/C22H36O2/c1-14(23)17-7-8-18-16-6-5-15-13-20(2,24)11-12-21(15,3)19(16)9-10-22(17,18)4/h15-19,24H,5-13H2,1-4H3/t15-,16?,17+,18?,19?,20+,21-,22+/m0/s1. The zero-order valence-electron chi connectivity index (χ0n) is 16.1. The predicted molar refractivity (Wildman–Crippen MR) is 96.5 cm³/mol. The second kappa shape index (κ2) is 5.32. The Morgan fingerprint density at radius 3 is 2.29 bits per heavy atom. The lowest BCUT2D eigenvalue weighted by Gasteiger charge is -2.61. The number of rotatable bonds is 1. The quantitative estimate of drug-likeness (QED) is 0.735. The van der Waals surface area contributed by atoms with Crippen LogP contribution in [0.1, 0.15) is 85.5 Å². The van der Waals surface area contributed by atoms with Gasteiger partial charge in [-0.25, -0.2) is 0 Å². The van der Waals surface area contributed by atoms with Gasteiger partial charge < -0.3 is 5.11 Å². The lowest BCUT2D eigenvalue weighted by Crippen LogP contribution is -2.55. The third kappa shape index (κ3) is 2.27. The Kier molecular flexibility index (Phi) is 3.78. The van der Waals surface area contributed by atoms with E-state index in [2.05, 4.69) is 13.8 Å². The van der Waals surface area contributed by atoms with E-state index in [1.54, 1.807) is 0 Å². The van der Waals surface area contributed by atoms with E-state index in [0.29, 0.717) is 23.0 Å². The Labute approximate surface area is 147 Å². The first-order chi connectivity index (χ1) is 11.2. The van der Waals surface area contributed by atoms with Crippen molar-refractivity contribution < 1.29 is 9.90 Å². The highest BCUT2D eigenvalue weighted by atomic mass is 16.3. The molecule has 0 aliphatic heterocycles. The first-order valence-electron chi connectivity index (χ1n) is 10.4. The largest absolute Gasteiger partial charge is 0.390 e. The van der Waals surface area contributed by atoms with E-state index in [1.807, 2.05) is 13.8 Å². The predicted octanol–water partition coefficient (Wildman–Crippen LogP) is 4.99. The van der Waals surface area contributed by atoms with Gasteiger partial charge >= 0.3 is 0 Å². The molecule has 2 heteroatoms. The molecule has 0 heterocycles. The Balaban J connectivity index is 1.61. The highest BCUT2D eigenvalue weighted by Gasteiger charge is 2.61. The number of hydrogen-bond donors (Lipinski definition) is 1. The van der Waals surface area contributed by atoms with E-state index < -0.39 is 5.60 Å². The second-order valence-corrected chi connectivity index (χ2v) is 10.6. The maximum atomic E-state index is 12.2. The first-order valence-corrected chi connectivity index (χ1v) is 10.4. The maximum Gasteiger partial charge on any atom is 0.133 e. The Hall–Kier alpha value is -0.370. The fourth-order valence-corrected chi connectivity index (χ4v) is 8.10. The molecule has 0 saturated heterocycles. The highest BCUT2D eigenvalue weighted by Crippen LogP contribution is 2.68. The van der Waals surface area contributed by atoms with Gasteiger partial charge in [-0.3, -0.25) is 4.79 Å². The van der Waals surface area contributed by atoms with Gasteiger partial charge in [-0.05, 0) is 106 Å². The van der Waals surface area contributed by atoms with Crippen molar-refractivity contribution in [2.45, 2.75) is 91.1 Å². The molecule has 4 fully saturated rings.